The van der Waals surface area contributed by atoms with Crippen molar-refractivity contribution in [2.24, 2.45) is 5.10 Å². The summed E-state index contributed by atoms with van der Waals surface area (Å²) in [4.78, 5) is 34.4. The van der Waals surface area contributed by atoms with Gasteiger partial charge in [-0.1, -0.05) is 47.7 Å². The molecule has 0 fully saturated rings. The van der Waals surface area contributed by atoms with Crippen LogP contribution in [0.5, 0.6) is 0 Å². The molecule has 2 aromatic carbocycles. The molecule has 4 aromatic rings. The van der Waals surface area contributed by atoms with Gasteiger partial charge in [0, 0.05) is 18.0 Å². The van der Waals surface area contributed by atoms with E-state index in [9.17, 15) is 9.59 Å². The predicted molar refractivity (Wildman–Crippen MR) is 127 cm³/mol. The summed E-state index contributed by atoms with van der Waals surface area (Å²) in [5, 5.41) is 5.11. The van der Waals surface area contributed by atoms with Crippen LogP contribution in [0.1, 0.15) is 18.1 Å². The van der Waals surface area contributed by atoms with E-state index >= 15 is 0 Å². The van der Waals surface area contributed by atoms with Gasteiger partial charge in [0.25, 0.3) is 11.5 Å². The molecule has 0 atom stereocenters. The van der Waals surface area contributed by atoms with Crippen LogP contribution in [0, 0.1) is 6.92 Å². The Bertz CT molecular complexity index is 1350. The van der Waals surface area contributed by atoms with Crippen LogP contribution < -0.4 is 11.0 Å². The van der Waals surface area contributed by atoms with Crippen LogP contribution in [0.2, 0.25) is 0 Å². The molecule has 32 heavy (non-hydrogen) atoms. The number of pyridine rings is 1. The van der Waals surface area contributed by atoms with E-state index in [2.05, 4.69) is 20.5 Å². The van der Waals surface area contributed by atoms with Gasteiger partial charge in [0.2, 0.25) is 0 Å². The summed E-state index contributed by atoms with van der Waals surface area (Å²) in [7, 11) is 0. The smallest absolute Gasteiger partial charge is 0.266 e. The first-order valence-electron chi connectivity index (χ1n) is 9.98. The minimum Gasteiger partial charge on any atom is -0.272 e. The number of hydrogen-bond acceptors (Lipinski definition) is 6. The van der Waals surface area contributed by atoms with Crippen molar-refractivity contribution in [3.05, 3.63) is 94.5 Å². The van der Waals surface area contributed by atoms with Gasteiger partial charge in [-0.05, 0) is 44.2 Å². The van der Waals surface area contributed by atoms with Gasteiger partial charge in [-0.2, -0.15) is 5.10 Å². The molecular formula is C24H21N5O2S. The Kier molecular flexibility index (Phi) is 6.42. The molecular weight excluding hydrogens is 422 g/mol. The molecule has 0 aliphatic heterocycles. The van der Waals surface area contributed by atoms with Crippen molar-refractivity contribution in [2.75, 3.05) is 5.75 Å². The third kappa shape index (κ3) is 4.76. The second-order valence-corrected chi connectivity index (χ2v) is 8.09. The first-order chi connectivity index (χ1) is 15.5. The van der Waals surface area contributed by atoms with Crippen molar-refractivity contribution in [3.63, 3.8) is 0 Å². The number of nitrogens with one attached hydrogen (secondary N) is 1. The maximum Gasteiger partial charge on any atom is 0.266 e. The predicted octanol–water partition coefficient (Wildman–Crippen LogP) is 3.72. The van der Waals surface area contributed by atoms with Crippen LogP contribution in [0.15, 0.2) is 88.1 Å². The summed E-state index contributed by atoms with van der Waals surface area (Å²) in [5.74, 6) is -0.239. The number of aromatic nitrogens is 3. The SMILES string of the molecule is C/C(=N/NC(=O)CSc1nc2ccccc2c(=O)n1-c1ccc(C)cc1)c1cccnc1. The quantitative estimate of drug-likeness (QED) is 0.212. The zero-order valence-electron chi connectivity index (χ0n) is 17.6. The summed E-state index contributed by atoms with van der Waals surface area (Å²) in [6, 6.07) is 18.5. The van der Waals surface area contributed by atoms with Crippen LogP contribution in [0.3, 0.4) is 0 Å². The molecule has 0 unspecified atom stereocenters. The van der Waals surface area contributed by atoms with E-state index in [1.807, 2.05) is 55.5 Å². The van der Waals surface area contributed by atoms with E-state index in [4.69, 9.17) is 0 Å². The van der Waals surface area contributed by atoms with Crippen LogP contribution >= 0.6 is 11.8 Å². The Labute approximate surface area is 189 Å². The second kappa shape index (κ2) is 9.57. The van der Waals surface area contributed by atoms with E-state index in [0.717, 1.165) is 11.1 Å². The van der Waals surface area contributed by atoms with Crippen molar-refractivity contribution in [2.45, 2.75) is 19.0 Å². The molecule has 1 amide bonds. The van der Waals surface area contributed by atoms with Crippen LogP contribution in [-0.4, -0.2) is 31.9 Å². The lowest BCUT2D eigenvalue weighted by atomic mass is 10.2. The Morgan fingerprint density at radius 3 is 2.62 bits per heavy atom. The number of fused-ring (bicyclic) bond motifs is 1. The van der Waals surface area contributed by atoms with E-state index < -0.39 is 0 Å². The largest absolute Gasteiger partial charge is 0.272 e. The summed E-state index contributed by atoms with van der Waals surface area (Å²) < 4.78 is 1.55. The fourth-order valence-corrected chi connectivity index (χ4v) is 3.89. The number of rotatable bonds is 6. The highest BCUT2D eigenvalue weighted by Crippen LogP contribution is 2.21. The summed E-state index contributed by atoms with van der Waals surface area (Å²) in [6.07, 6.45) is 3.36. The van der Waals surface area contributed by atoms with Gasteiger partial charge in [0.1, 0.15) is 0 Å². The minimum absolute atomic E-state index is 0.0560. The van der Waals surface area contributed by atoms with Crippen molar-refractivity contribution >= 4 is 34.3 Å². The average Bonchev–Trinajstić information content (AvgIpc) is 2.82. The Hall–Kier alpha value is -3.78. The Morgan fingerprint density at radius 2 is 1.88 bits per heavy atom. The van der Waals surface area contributed by atoms with E-state index in [-0.39, 0.29) is 17.2 Å². The fraction of sp³-hybridized carbons (Fsp3) is 0.125. The zero-order valence-corrected chi connectivity index (χ0v) is 18.5. The van der Waals surface area contributed by atoms with Gasteiger partial charge in [0.15, 0.2) is 5.16 Å². The highest BCUT2D eigenvalue weighted by Gasteiger charge is 2.14. The van der Waals surface area contributed by atoms with E-state index in [1.54, 1.807) is 36.0 Å². The maximum absolute atomic E-state index is 13.2. The molecule has 0 saturated heterocycles. The minimum atomic E-state index is -0.295. The molecule has 7 nitrogen and oxygen atoms in total. The van der Waals surface area contributed by atoms with E-state index in [0.29, 0.717) is 27.5 Å². The molecule has 0 bridgehead atoms. The first-order valence-corrected chi connectivity index (χ1v) is 11.0. The molecule has 2 heterocycles. The monoisotopic (exact) mass is 443 g/mol. The topological polar surface area (TPSA) is 89.2 Å². The highest BCUT2D eigenvalue weighted by molar-refractivity contribution is 7.99. The van der Waals surface area contributed by atoms with Crippen LogP contribution in [0.25, 0.3) is 16.6 Å². The summed E-state index contributed by atoms with van der Waals surface area (Å²) in [5.41, 5.74) is 6.24. The van der Waals surface area contributed by atoms with Crippen molar-refractivity contribution in [1.82, 2.24) is 20.0 Å². The zero-order chi connectivity index (χ0) is 22.5. The van der Waals surface area contributed by atoms with E-state index in [1.165, 1.54) is 11.8 Å². The van der Waals surface area contributed by atoms with Crippen molar-refractivity contribution < 1.29 is 4.79 Å². The lowest BCUT2D eigenvalue weighted by molar-refractivity contribution is -0.118. The lowest BCUT2D eigenvalue weighted by Crippen LogP contribution is -2.24. The maximum atomic E-state index is 13.2. The number of carbonyl (C=O) groups excluding carboxylic acids is 1. The Balaban J connectivity index is 1.59. The third-order valence-corrected chi connectivity index (χ3v) is 5.74. The molecule has 8 heteroatoms. The van der Waals surface area contributed by atoms with Crippen molar-refractivity contribution in [3.8, 4) is 5.69 Å². The Morgan fingerprint density at radius 1 is 1.09 bits per heavy atom. The number of nitrogens with zero attached hydrogens (tertiary/aromatic N) is 4. The van der Waals surface area contributed by atoms with Crippen LogP contribution in [0.4, 0.5) is 0 Å². The number of aryl methyl sites for hydroxylation is 1. The summed E-state index contributed by atoms with van der Waals surface area (Å²) in [6.45, 7) is 3.78. The molecule has 160 valence electrons. The molecule has 1 N–H and O–H groups in total. The number of benzene rings is 2. The molecule has 2 aromatic heterocycles. The van der Waals surface area contributed by atoms with Gasteiger partial charge >= 0.3 is 0 Å². The van der Waals surface area contributed by atoms with Crippen LogP contribution in [-0.2, 0) is 4.79 Å². The molecule has 0 aliphatic rings. The van der Waals surface area contributed by atoms with Gasteiger partial charge in [0.05, 0.1) is 28.1 Å². The molecule has 0 saturated carbocycles. The fourth-order valence-electron chi connectivity index (χ4n) is 3.08. The number of hydrogen-bond donors (Lipinski definition) is 1. The van der Waals surface area contributed by atoms with Gasteiger partial charge in [-0.15, -0.1) is 0 Å². The van der Waals surface area contributed by atoms with Gasteiger partial charge < -0.3 is 0 Å². The third-order valence-electron chi connectivity index (χ3n) is 4.80. The van der Waals surface area contributed by atoms with Crippen molar-refractivity contribution in [1.29, 1.82) is 0 Å². The average molecular weight is 444 g/mol. The molecule has 0 radical (unpaired) electrons. The molecule has 0 aliphatic carbocycles. The first kappa shape index (κ1) is 21.5. The molecule has 4 rings (SSSR count). The normalized spacial score (nSPS) is 11.5. The number of carbonyl (C=O) groups is 1. The number of hydrazone groups is 1. The van der Waals surface area contributed by atoms with Gasteiger partial charge in [-0.25, -0.2) is 10.4 Å². The highest BCUT2D eigenvalue weighted by atomic mass is 32.2. The second-order valence-electron chi connectivity index (χ2n) is 7.15. The summed E-state index contributed by atoms with van der Waals surface area (Å²) >= 11 is 1.19. The standard InChI is InChI=1S/C24H21N5O2S/c1-16-9-11-19(12-10-16)29-23(31)20-7-3-4-8-21(20)26-24(29)32-15-22(30)28-27-17(2)18-6-5-13-25-14-18/h3-14H,15H2,1-2H3,(H,28,30)/b27-17-. The number of thioether (sulfide) groups is 1. The molecule has 0 spiro atoms. The lowest BCUT2D eigenvalue weighted by Gasteiger charge is -2.13. The number of para-hydroxylation sites is 1. The van der Waals surface area contributed by atoms with Gasteiger partial charge in [-0.3, -0.25) is 19.1 Å². The number of amides is 1.